The molecule has 4 nitrogen and oxygen atoms in total. The SMILES string of the molecule is CC[n+]1ccn(-c2ccc(C34CC5CC(C3)CC(c3ccc(-n6cc[n+](CC)c6)cc3)(C5)C4)cc2)c1. The van der Waals surface area contributed by atoms with E-state index in [1.807, 2.05) is 0 Å². The summed E-state index contributed by atoms with van der Waals surface area (Å²) in [5.41, 5.74) is 6.36. The average Bonchev–Trinajstić information content (AvgIpc) is 3.58. The molecule has 4 aliphatic rings. The van der Waals surface area contributed by atoms with Crippen LogP contribution in [0.1, 0.15) is 63.5 Å². The summed E-state index contributed by atoms with van der Waals surface area (Å²) in [4.78, 5) is 0. The lowest BCUT2D eigenvalue weighted by Gasteiger charge is -2.62. The topological polar surface area (TPSA) is 17.6 Å². The number of aryl methyl sites for hydroxylation is 2. The van der Waals surface area contributed by atoms with E-state index in [4.69, 9.17) is 0 Å². The van der Waals surface area contributed by atoms with E-state index in [0.717, 1.165) is 24.9 Å². The van der Waals surface area contributed by atoms with Crippen molar-refractivity contribution in [1.82, 2.24) is 9.13 Å². The molecule has 184 valence electrons. The molecule has 4 fully saturated rings. The van der Waals surface area contributed by atoms with Gasteiger partial charge in [0, 0.05) is 0 Å². The van der Waals surface area contributed by atoms with Gasteiger partial charge in [-0.05, 0) is 110 Å². The number of benzene rings is 2. The fourth-order valence-electron chi connectivity index (χ4n) is 8.38. The standard InChI is InChI=1S/C32H38N4/c1-3-33-13-15-35(23-33)29-9-5-27(6-10-29)31-18-25-17-26(19-31)21-32(20-25,22-31)28-7-11-30(12-8-28)36-16-14-34(4-2)24-36/h5-16,23-26H,3-4,17-22H2,1-2H3/q+2. The molecule has 8 rings (SSSR count). The zero-order valence-electron chi connectivity index (χ0n) is 21.7. The van der Waals surface area contributed by atoms with Crippen LogP contribution < -0.4 is 9.13 Å². The zero-order chi connectivity index (χ0) is 24.3. The van der Waals surface area contributed by atoms with Gasteiger partial charge in [-0.1, -0.05) is 24.3 Å². The normalized spacial score (nSPS) is 28.6. The Kier molecular flexibility index (Phi) is 5.03. The van der Waals surface area contributed by atoms with Crippen molar-refractivity contribution in [2.24, 2.45) is 11.8 Å². The van der Waals surface area contributed by atoms with E-state index in [9.17, 15) is 0 Å². The first-order valence-corrected chi connectivity index (χ1v) is 13.9. The van der Waals surface area contributed by atoms with Gasteiger partial charge in [-0.25, -0.2) is 18.3 Å². The zero-order valence-corrected chi connectivity index (χ0v) is 21.7. The van der Waals surface area contributed by atoms with Crippen molar-refractivity contribution in [2.45, 2.75) is 76.3 Å². The van der Waals surface area contributed by atoms with E-state index in [1.54, 1.807) is 11.1 Å². The average molecular weight is 479 g/mol. The predicted molar refractivity (Wildman–Crippen MR) is 141 cm³/mol. The molecule has 2 aromatic heterocycles. The van der Waals surface area contributed by atoms with Crippen LogP contribution in [0.25, 0.3) is 11.4 Å². The van der Waals surface area contributed by atoms with Gasteiger partial charge in [-0.3, -0.25) is 0 Å². The number of rotatable bonds is 6. The molecule has 0 atom stereocenters. The van der Waals surface area contributed by atoms with Gasteiger partial charge in [-0.2, -0.15) is 0 Å². The van der Waals surface area contributed by atoms with Crippen LogP contribution in [0.4, 0.5) is 0 Å². The number of imidazole rings is 2. The Morgan fingerprint density at radius 2 is 1.08 bits per heavy atom. The Morgan fingerprint density at radius 3 is 1.44 bits per heavy atom. The Hall–Kier alpha value is -3.14. The molecule has 4 saturated carbocycles. The lowest BCUT2D eigenvalue weighted by atomic mass is 9.42. The molecule has 4 heteroatoms. The number of hydrogen-bond donors (Lipinski definition) is 0. The molecule has 4 aliphatic carbocycles. The third kappa shape index (κ3) is 3.48. The molecule has 0 aliphatic heterocycles. The van der Waals surface area contributed by atoms with Crippen LogP contribution in [-0.4, -0.2) is 9.13 Å². The maximum atomic E-state index is 2.45. The van der Waals surface area contributed by atoms with E-state index in [0.29, 0.717) is 10.8 Å². The van der Waals surface area contributed by atoms with E-state index in [2.05, 4.69) is 118 Å². The van der Waals surface area contributed by atoms with Crippen LogP contribution in [-0.2, 0) is 23.9 Å². The molecular weight excluding hydrogens is 440 g/mol. The Balaban J connectivity index is 1.19. The second kappa shape index (κ2) is 8.19. The monoisotopic (exact) mass is 478 g/mol. The number of hydrogen-bond acceptors (Lipinski definition) is 0. The van der Waals surface area contributed by atoms with Crippen LogP contribution in [0.15, 0.2) is 86.0 Å². The summed E-state index contributed by atoms with van der Waals surface area (Å²) in [5.74, 6) is 1.73. The number of aromatic nitrogens is 4. The van der Waals surface area contributed by atoms with Crippen LogP contribution in [0, 0.1) is 11.8 Å². The Bertz CT molecular complexity index is 1260. The van der Waals surface area contributed by atoms with Crippen molar-refractivity contribution in [1.29, 1.82) is 0 Å². The second-order valence-corrected chi connectivity index (χ2v) is 11.9. The quantitative estimate of drug-likeness (QED) is 0.318. The molecule has 0 N–H and O–H groups in total. The minimum Gasteiger partial charge on any atom is -0.237 e. The summed E-state index contributed by atoms with van der Waals surface area (Å²) in [6.07, 6.45) is 21.3. The van der Waals surface area contributed by atoms with Crippen LogP contribution in [0.5, 0.6) is 0 Å². The molecule has 0 unspecified atom stereocenters. The second-order valence-electron chi connectivity index (χ2n) is 11.9. The van der Waals surface area contributed by atoms with Gasteiger partial charge in [0.15, 0.2) is 0 Å². The van der Waals surface area contributed by atoms with Crippen molar-refractivity contribution >= 4 is 0 Å². The van der Waals surface area contributed by atoms with Crippen molar-refractivity contribution in [3.63, 3.8) is 0 Å². The summed E-state index contributed by atoms with van der Waals surface area (Å²) >= 11 is 0. The van der Waals surface area contributed by atoms with Crippen molar-refractivity contribution in [2.75, 3.05) is 0 Å². The molecule has 0 amide bonds. The summed E-state index contributed by atoms with van der Waals surface area (Å²) < 4.78 is 8.92. The smallest absolute Gasteiger partial charge is 0.237 e. The van der Waals surface area contributed by atoms with Gasteiger partial charge in [0.1, 0.15) is 36.2 Å². The van der Waals surface area contributed by atoms with Gasteiger partial charge >= 0.3 is 0 Å². The molecule has 4 bridgehead atoms. The number of nitrogens with zero attached hydrogens (tertiary/aromatic N) is 4. The van der Waals surface area contributed by atoms with Gasteiger partial charge in [0.2, 0.25) is 12.7 Å². The highest BCUT2D eigenvalue weighted by atomic mass is 15.1. The molecule has 0 spiro atoms. The Labute approximate surface area is 214 Å². The lowest BCUT2D eigenvalue weighted by Crippen LogP contribution is -2.55. The maximum absolute atomic E-state index is 2.45. The molecule has 0 saturated heterocycles. The van der Waals surface area contributed by atoms with Crippen molar-refractivity contribution in [3.05, 3.63) is 97.1 Å². The third-order valence-corrected chi connectivity index (χ3v) is 9.73. The van der Waals surface area contributed by atoms with E-state index in [-0.39, 0.29) is 0 Å². The molecule has 36 heavy (non-hydrogen) atoms. The minimum absolute atomic E-state index is 0.342. The molecular formula is C32H38N4+2. The van der Waals surface area contributed by atoms with Gasteiger partial charge in [-0.15, -0.1) is 0 Å². The summed E-state index contributed by atoms with van der Waals surface area (Å²) in [7, 11) is 0. The first-order chi connectivity index (χ1) is 17.6. The highest BCUT2D eigenvalue weighted by Gasteiger charge is 2.58. The van der Waals surface area contributed by atoms with E-state index >= 15 is 0 Å². The summed E-state index contributed by atoms with van der Waals surface area (Å²) in [5, 5.41) is 0. The van der Waals surface area contributed by atoms with Gasteiger partial charge in [0.25, 0.3) is 0 Å². The highest BCUT2D eigenvalue weighted by Crippen LogP contribution is 2.66. The van der Waals surface area contributed by atoms with Gasteiger partial charge < -0.3 is 0 Å². The maximum Gasteiger partial charge on any atom is 0.248 e. The largest absolute Gasteiger partial charge is 0.248 e. The lowest BCUT2D eigenvalue weighted by molar-refractivity contribution is -0.692. The van der Waals surface area contributed by atoms with Crippen molar-refractivity contribution in [3.8, 4) is 11.4 Å². The summed E-state index contributed by atoms with van der Waals surface area (Å²) in [6, 6.07) is 19.2. The van der Waals surface area contributed by atoms with E-state index in [1.165, 1.54) is 49.9 Å². The minimum atomic E-state index is 0.342. The van der Waals surface area contributed by atoms with Crippen LogP contribution in [0.3, 0.4) is 0 Å². The first kappa shape index (κ1) is 22.1. The van der Waals surface area contributed by atoms with Crippen molar-refractivity contribution < 1.29 is 9.13 Å². The molecule has 2 heterocycles. The molecule has 0 radical (unpaired) electrons. The highest BCUT2D eigenvalue weighted by molar-refractivity contribution is 5.43. The third-order valence-electron chi connectivity index (χ3n) is 9.73. The molecule has 4 aromatic rings. The fraction of sp³-hybridized carbons (Fsp3) is 0.438. The van der Waals surface area contributed by atoms with E-state index < -0.39 is 0 Å². The fourth-order valence-corrected chi connectivity index (χ4v) is 8.38. The summed E-state index contributed by atoms with van der Waals surface area (Å²) in [6.45, 7) is 6.38. The first-order valence-electron chi connectivity index (χ1n) is 13.9. The van der Waals surface area contributed by atoms with Gasteiger partial charge in [0.05, 0.1) is 13.1 Å². The van der Waals surface area contributed by atoms with Crippen LogP contribution in [0.2, 0.25) is 0 Å². The predicted octanol–water partition coefficient (Wildman–Crippen LogP) is 5.67. The van der Waals surface area contributed by atoms with Crippen LogP contribution >= 0.6 is 0 Å². The Morgan fingerprint density at radius 1 is 0.667 bits per heavy atom. The molecule has 2 aromatic carbocycles.